The Morgan fingerprint density at radius 1 is 0.909 bits per heavy atom. The number of hydrogen-bond acceptors (Lipinski definition) is 3. The molecule has 0 amide bonds. The maximum Gasteiger partial charge on any atom is 0.394 e. The number of nitrogens with two attached hydrogens (primary N) is 3. The molecule has 0 aliphatic heterocycles. The molecule has 10 heteroatoms. The molecular formula is C12H29N5O4S. The molecule has 0 aliphatic carbocycles. The summed E-state index contributed by atoms with van der Waals surface area (Å²) >= 11 is 0. The van der Waals surface area contributed by atoms with Crippen molar-refractivity contribution in [2.24, 2.45) is 27.2 Å². The molecule has 0 unspecified atom stereocenters. The highest BCUT2D eigenvalue weighted by atomic mass is 32.3. The van der Waals surface area contributed by atoms with Crippen LogP contribution >= 0.6 is 0 Å². The van der Waals surface area contributed by atoms with Crippen LogP contribution in [-0.4, -0.2) is 36.0 Å². The second-order valence-electron chi connectivity index (χ2n) is 4.70. The Hall–Kier alpha value is -1.39. The van der Waals surface area contributed by atoms with E-state index in [1.54, 1.807) is 0 Å². The first-order chi connectivity index (χ1) is 10.2. The lowest BCUT2D eigenvalue weighted by Crippen LogP contribution is -2.26. The molecule has 8 N–H and O–H groups in total. The molecule has 0 spiro atoms. The molecule has 0 aromatic heterocycles. The van der Waals surface area contributed by atoms with Crippen molar-refractivity contribution in [3.63, 3.8) is 0 Å². The standard InChI is InChI=1S/C12H27N5.H2O4S/c1-2-3-4-5-6-7-8-9-10-16-12(15)17-11(13)14;1-5(2,3)4/h2-10H2,1H3,(H6,13,14,15,16,17);(H2,1,2,3,4). The van der Waals surface area contributed by atoms with Gasteiger partial charge in [0.2, 0.25) is 5.96 Å². The maximum atomic E-state index is 8.74. The highest BCUT2D eigenvalue weighted by Crippen LogP contribution is 2.08. The number of hydrogen-bond donors (Lipinski definition) is 5. The van der Waals surface area contributed by atoms with Gasteiger partial charge >= 0.3 is 10.4 Å². The van der Waals surface area contributed by atoms with Gasteiger partial charge in [-0.25, -0.2) is 0 Å². The molecule has 22 heavy (non-hydrogen) atoms. The molecular weight excluding hydrogens is 310 g/mol. The van der Waals surface area contributed by atoms with Crippen LogP contribution in [0.15, 0.2) is 9.98 Å². The summed E-state index contributed by atoms with van der Waals surface area (Å²) in [4.78, 5) is 7.70. The summed E-state index contributed by atoms with van der Waals surface area (Å²) in [5, 5.41) is 0. The minimum absolute atomic E-state index is 0.0397. The first-order valence-electron chi connectivity index (χ1n) is 7.26. The Kier molecular flexibility index (Phi) is 15.1. The van der Waals surface area contributed by atoms with Crippen LogP contribution in [0.25, 0.3) is 0 Å². The van der Waals surface area contributed by atoms with Gasteiger partial charge in [0.05, 0.1) is 0 Å². The van der Waals surface area contributed by atoms with Gasteiger partial charge in [-0.2, -0.15) is 13.4 Å². The first kappa shape index (κ1) is 22.9. The largest absolute Gasteiger partial charge is 0.394 e. The number of nitrogens with zero attached hydrogens (tertiary/aromatic N) is 2. The Morgan fingerprint density at radius 2 is 1.32 bits per heavy atom. The average molecular weight is 339 g/mol. The fraction of sp³-hybridized carbons (Fsp3) is 0.833. The van der Waals surface area contributed by atoms with Crippen LogP contribution in [0.2, 0.25) is 0 Å². The third kappa shape index (κ3) is 31.2. The average Bonchev–Trinajstić information content (AvgIpc) is 2.34. The Morgan fingerprint density at radius 3 is 1.73 bits per heavy atom. The van der Waals surface area contributed by atoms with Crippen LogP contribution in [0, 0.1) is 0 Å². The van der Waals surface area contributed by atoms with E-state index in [9.17, 15) is 0 Å². The molecule has 0 heterocycles. The van der Waals surface area contributed by atoms with E-state index in [-0.39, 0.29) is 11.9 Å². The Bertz CT molecular complexity index is 411. The van der Waals surface area contributed by atoms with Crippen LogP contribution in [0.1, 0.15) is 58.3 Å². The van der Waals surface area contributed by atoms with Crippen LogP contribution in [-0.2, 0) is 10.4 Å². The summed E-state index contributed by atoms with van der Waals surface area (Å²) in [6.45, 7) is 2.94. The predicted molar refractivity (Wildman–Crippen MR) is 89.1 cm³/mol. The number of guanidine groups is 2. The molecule has 0 atom stereocenters. The molecule has 0 saturated heterocycles. The molecule has 0 rings (SSSR count). The van der Waals surface area contributed by atoms with Crippen molar-refractivity contribution in [1.29, 1.82) is 0 Å². The monoisotopic (exact) mass is 339 g/mol. The molecule has 0 saturated carbocycles. The summed E-state index contributed by atoms with van der Waals surface area (Å²) < 4.78 is 31.6. The molecule has 0 fully saturated rings. The fourth-order valence-electron chi connectivity index (χ4n) is 1.61. The van der Waals surface area contributed by atoms with Gasteiger partial charge in [-0.3, -0.25) is 14.1 Å². The van der Waals surface area contributed by atoms with E-state index in [4.69, 9.17) is 34.7 Å². The lowest BCUT2D eigenvalue weighted by atomic mass is 10.1. The summed E-state index contributed by atoms with van der Waals surface area (Å²) in [6.07, 6.45) is 10.2. The topological polar surface area (TPSA) is 177 Å². The lowest BCUT2D eigenvalue weighted by molar-refractivity contribution is 0.381. The van der Waals surface area contributed by atoms with Crippen LogP contribution < -0.4 is 17.2 Å². The summed E-state index contributed by atoms with van der Waals surface area (Å²) in [5.74, 6) is 0.134. The van der Waals surface area contributed by atoms with Gasteiger partial charge in [0, 0.05) is 6.54 Å². The summed E-state index contributed by atoms with van der Waals surface area (Å²) in [7, 11) is -4.67. The van der Waals surface area contributed by atoms with Gasteiger partial charge < -0.3 is 17.2 Å². The van der Waals surface area contributed by atoms with Gasteiger partial charge in [-0.15, -0.1) is 0 Å². The van der Waals surface area contributed by atoms with Crippen molar-refractivity contribution >= 4 is 22.3 Å². The summed E-state index contributed by atoms with van der Waals surface area (Å²) in [5.41, 5.74) is 15.8. The van der Waals surface area contributed by atoms with Gasteiger partial charge in [0.25, 0.3) is 0 Å². The molecule has 132 valence electrons. The highest BCUT2D eigenvalue weighted by molar-refractivity contribution is 7.79. The molecule has 9 nitrogen and oxygen atoms in total. The van der Waals surface area contributed by atoms with Crippen LogP contribution in [0.4, 0.5) is 0 Å². The number of rotatable bonds is 9. The Balaban J connectivity index is 0. The molecule has 0 aliphatic rings. The first-order valence-corrected chi connectivity index (χ1v) is 8.66. The minimum atomic E-state index is -4.67. The second-order valence-corrected chi connectivity index (χ2v) is 5.59. The SMILES string of the molecule is CCCCCCCCCCN=C(N)N=C(N)N.O=S(=O)(O)O. The van der Waals surface area contributed by atoms with Crippen molar-refractivity contribution in [3.8, 4) is 0 Å². The predicted octanol–water partition coefficient (Wildman–Crippen LogP) is 1.06. The smallest absolute Gasteiger partial charge is 0.370 e. The van der Waals surface area contributed by atoms with Crippen molar-refractivity contribution in [2.75, 3.05) is 6.54 Å². The number of unbranched alkanes of at least 4 members (excludes halogenated alkanes) is 7. The van der Waals surface area contributed by atoms with E-state index in [0.29, 0.717) is 6.54 Å². The summed E-state index contributed by atoms with van der Waals surface area (Å²) in [6, 6.07) is 0. The zero-order chi connectivity index (χ0) is 17.4. The van der Waals surface area contributed by atoms with Gasteiger partial charge in [0.15, 0.2) is 5.96 Å². The van der Waals surface area contributed by atoms with Crippen LogP contribution in [0.5, 0.6) is 0 Å². The minimum Gasteiger partial charge on any atom is -0.370 e. The highest BCUT2D eigenvalue weighted by Gasteiger charge is 1.92. The normalized spacial score (nSPS) is 11.5. The van der Waals surface area contributed by atoms with Gasteiger partial charge in [-0.1, -0.05) is 51.9 Å². The third-order valence-corrected chi connectivity index (χ3v) is 2.53. The molecule has 0 radical (unpaired) electrons. The maximum absolute atomic E-state index is 8.74. The van der Waals surface area contributed by atoms with Crippen molar-refractivity contribution in [2.45, 2.75) is 58.3 Å². The molecule has 0 bridgehead atoms. The second kappa shape index (κ2) is 14.5. The van der Waals surface area contributed by atoms with E-state index in [0.717, 1.165) is 6.42 Å². The van der Waals surface area contributed by atoms with Crippen molar-refractivity contribution < 1.29 is 17.5 Å². The van der Waals surface area contributed by atoms with E-state index in [1.165, 1.54) is 44.9 Å². The molecule has 0 aromatic rings. The van der Waals surface area contributed by atoms with Gasteiger partial charge in [-0.05, 0) is 6.42 Å². The van der Waals surface area contributed by atoms with Crippen molar-refractivity contribution in [3.05, 3.63) is 0 Å². The zero-order valence-corrected chi connectivity index (χ0v) is 13.9. The van der Waals surface area contributed by atoms with Crippen molar-refractivity contribution in [1.82, 2.24) is 0 Å². The third-order valence-electron chi connectivity index (χ3n) is 2.53. The van der Waals surface area contributed by atoms with E-state index >= 15 is 0 Å². The Labute approximate surface area is 132 Å². The fourth-order valence-corrected chi connectivity index (χ4v) is 1.61. The lowest BCUT2D eigenvalue weighted by Gasteiger charge is -2.00. The number of aliphatic imine (C=N–C) groups is 2. The van der Waals surface area contributed by atoms with Gasteiger partial charge in [0.1, 0.15) is 0 Å². The van der Waals surface area contributed by atoms with E-state index in [1.807, 2.05) is 0 Å². The zero-order valence-electron chi connectivity index (χ0n) is 13.1. The van der Waals surface area contributed by atoms with Crippen LogP contribution in [0.3, 0.4) is 0 Å². The quantitative estimate of drug-likeness (QED) is 0.180. The molecule has 0 aromatic carbocycles. The van der Waals surface area contributed by atoms with E-state index < -0.39 is 10.4 Å². The van der Waals surface area contributed by atoms with E-state index in [2.05, 4.69) is 16.9 Å².